The fourth-order valence-electron chi connectivity index (χ4n) is 0.784. The molecule has 0 saturated heterocycles. The van der Waals surface area contributed by atoms with Gasteiger partial charge in [0, 0.05) is 13.0 Å². The summed E-state index contributed by atoms with van der Waals surface area (Å²) in [7, 11) is 0. The normalized spacial score (nSPS) is 9.75. The molecule has 12 heavy (non-hydrogen) atoms. The number of amides is 1. The molecule has 0 unspecified atom stereocenters. The molecule has 1 rings (SSSR count). The lowest BCUT2D eigenvalue weighted by molar-refractivity contribution is -0.120. The summed E-state index contributed by atoms with van der Waals surface area (Å²) < 4.78 is 0. The van der Waals surface area contributed by atoms with E-state index in [0.717, 1.165) is 5.56 Å². The maximum Gasteiger partial charge on any atom is 0.221 e. The van der Waals surface area contributed by atoms with Crippen molar-refractivity contribution in [1.82, 2.24) is 5.32 Å². The first kappa shape index (κ1) is 9.61. The van der Waals surface area contributed by atoms with E-state index in [1.165, 1.54) is 0 Å². The van der Waals surface area contributed by atoms with Gasteiger partial charge < -0.3 is 5.32 Å². The lowest BCUT2D eigenvalue weighted by atomic mass is 10.3. The lowest BCUT2D eigenvalue weighted by Crippen LogP contribution is -2.22. The minimum atomic E-state index is 0.0659. The van der Waals surface area contributed by atoms with Crippen molar-refractivity contribution in [3.63, 3.8) is 0 Å². The van der Waals surface area contributed by atoms with Crippen LogP contribution in [0.15, 0.2) is 16.8 Å². The third kappa shape index (κ3) is 3.28. The maximum absolute atomic E-state index is 11.0. The molecule has 0 bridgehead atoms. The minimum Gasteiger partial charge on any atom is -0.352 e. The third-order valence-corrected chi connectivity index (χ3v) is 2.36. The molecule has 0 aliphatic heterocycles. The number of rotatable bonds is 4. The SMILES string of the molecule is O=C(CCS)NCc1ccsc1. The predicted molar refractivity (Wildman–Crippen MR) is 54.6 cm³/mol. The Morgan fingerprint density at radius 3 is 3.08 bits per heavy atom. The zero-order chi connectivity index (χ0) is 8.81. The van der Waals surface area contributed by atoms with E-state index in [0.29, 0.717) is 18.7 Å². The smallest absolute Gasteiger partial charge is 0.221 e. The standard InChI is InChI=1S/C8H11NOS2/c10-8(1-3-11)9-5-7-2-4-12-6-7/h2,4,6,11H,1,3,5H2,(H,9,10). The summed E-state index contributed by atoms with van der Waals surface area (Å²) in [6.07, 6.45) is 0.493. The van der Waals surface area contributed by atoms with Crippen molar-refractivity contribution in [2.24, 2.45) is 0 Å². The van der Waals surface area contributed by atoms with Crippen LogP contribution in [0.5, 0.6) is 0 Å². The summed E-state index contributed by atoms with van der Waals surface area (Å²) >= 11 is 5.61. The quantitative estimate of drug-likeness (QED) is 0.713. The molecule has 1 amide bonds. The number of hydrogen-bond donors (Lipinski definition) is 2. The van der Waals surface area contributed by atoms with E-state index in [-0.39, 0.29) is 5.91 Å². The molecule has 0 fully saturated rings. The first-order chi connectivity index (χ1) is 5.83. The summed E-state index contributed by atoms with van der Waals surface area (Å²) in [5.74, 6) is 0.673. The highest BCUT2D eigenvalue weighted by molar-refractivity contribution is 7.80. The lowest BCUT2D eigenvalue weighted by Gasteiger charge is -2.00. The topological polar surface area (TPSA) is 29.1 Å². The molecule has 1 aromatic rings. The van der Waals surface area contributed by atoms with Crippen LogP contribution >= 0.6 is 24.0 Å². The van der Waals surface area contributed by atoms with E-state index in [4.69, 9.17) is 0 Å². The van der Waals surface area contributed by atoms with Gasteiger partial charge in [0.2, 0.25) is 5.91 Å². The van der Waals surface area contributed by atoms with Gasteiger partial charge in [-0.3, -0.25) is 4.79 Å². The second kappa shape index (κ2) is 5.22. The van der Waals surface area contributed by atoms with Gasteiger partial charge in [-0.1, -0.05) is 0 Å². The van der Waals surface area contributed by atoms with Crippen molar-refractivity contribution < 1.29 is 4.79 Å². The van der Waals surface area contributed by atoms with Gasteiger partial charge in [0.15, 0.2) is 0 Å². The second-order valence-electron chi connectivity index (χ2n) is 2.38. The highest BCUT2D eigenvalue weighted by Gasteiger charge is 1.98. The Kier molecular flexibility index (Phi) is 4.18. The molecule has 0 aromatic carbocycles. The van der Waals surface area contributed by atoms with Crippen LogP contribution in [0, 0.1) is 0 Å². The molecule has 2 nitrogen and oxygen atoms in total. The Morgan fingerprint density at radius 1 is 1.67 bits per heavy atom. The average Bonchev–Trinajstić information content (AvgIpc) is 2.53. The van der Waals surface area contributed by atoms with Crippen LogP contribution in [0.2, 0.25) is 0 Å². The molecule has 1 N–H and O–H groups in total. The number of thiol groups is 1. The average molecular weight is 201 g/mol. The number of carbonyl (C=O) groups excluding carboxylic acids is 1. The highest BCUT2D eigenvalue weighted by atomic mass is 32.1. The van der Waals surface area contributed by atoms with Crippen molar-refractivity contribution in [2.75, 3.05) is 5.75 Å². The van der Waals surface area contributed by atoms with Gasteiger partial charge >= 0.3 is 0 Å². The molecule has 0 atom stereocenters. The molecule has 0 aliphatic rings. The van der Waals surface area contributed by atoms with E-state index >= 15 is 0 Å². The van der Waals surface area contributed by atoms with Gasteiger partial charge in [0.05, 0.1) is 0 Å². The number of carbonyl (C=O) groups is 1. The van der Waals surface area contributed by atoms with Crippen molar-refractivity contribution in [1.29, 1.82) is 0 Å². The maximum atomic E-state index is 11.0. The first-order valence-electron chi connectivity index (χ1n) is 3.71. The summed E-state index contributed by atoms with van der Waals surface area (Å²) in [4.78, 5) is 11.0. The summed E-state index contributed by atoms with van der Waals surface area (Å²) in [6, 6.07) is 2.01. The van der Waals surface area contributed by atoms with Crippen LogP contribution in [0.3, 0.4) is 0 Å². The summed E-state index contributed by atoms with van der Waals surface area (Å²) in [5.41, 5.74) is 1.16. The molecule has 0 aliphatic carbocycles. The van der Waals surface area contributed by atoms with E-state index in [9.17, 15) is 4.79 Å². The molecule has 66 valence electrons. The molecule has 1 heterocycles. The van der Waals surface area contributed by atoms with Crippen LogP contribution in [0.4, 0.5) is 0 Å². The summed E-state index contributed by atoms with van der Waals surface area (Å²) in [5, 5.41) is 6.83. The second-order valence-corrected chi connectivity index (χ2v) is 3.61. The molecule has 0 radical (unpaired) electrons. The van der Waals surface area contributed by atoms with E-state index < -0.39 is 0 Å². The van der Waals surface area contributed by atoms with Gasteiger partial charge in [-0.25, -0.2) is 0 Å². The van der Waals surface area contributed by atoms with Crippen LogP contribution in [-0.4, -0.2) is 11.7 Å². The van der Waals surface area contributed by atoms with Crippen molar-refractivity contribution >= 4 is 29.9 Å². The number of hydrogen-bond acceptors (Lipinski definition) is 3. The van der Waals surface area contributed by atoms with Gasteiger partial charge in [0.25, 0.3) is 0 Å². The van der Waals surface area contributed by atoms with Crippen molar-refractivity contribution in [3.8, 4) is 0 Å². The fourth-order valence-corrected chi connectivity index (χ4v) is 1.66. The zero-order valence-corrected chi connectivity index (χ0v) is 8.33. The van der Waals surface area contributed by atoms with E-state index in [1.54, 1.807) is 11.3 Å². The van der Waals surface area contributed by atoms with E-state index in [2.05, 4.69) is 17.9 Å². The highest BCUT2D eigenvalue weighted by Crippen LogP contribution is 2.04. The molecular formula is C8H11NOS2. The fraction of sp³-hybridized carbons (Fsp3) is 0.375. The predicted octanol–water partition coefficient (Wildman–Crippen LogP) is 1.68. The number of nitrogens with one attached hydrogen (secondary N) is 1. The monoisotopic (exact) mass is 201 g/mol. The van der Waals surface area contributed by atoms with E-state index in [1.807, 2.05) is 16.8 Å². The molecule has 4 heteroatoms. The van der Waals surface area contributed by atoms with Crippen molar-refractivity contribution in [3.05, 3.63) is 22.4 Å². The van der Waals surface area contributed by atoms with Crippen LogP contribution in [0.1, 0.15) is 12.0 Å². The molecule has 0 spiro atoms. The Morgan fingerprint density at radius 2 is 2.50 bits per heavy atom. The van der Waals surface area contributed by atoms with Gasteiger partial charge in [0.1, 0.15) is 0 Å². The van der Waals surface area contributed by atoms with Gasteiger partial charge in [-0.05, 0) is 28.1 Å². The van der Waals surface area contributed by atoms with Crippen molar-refractivity contribution in [2.45, 2.75) is 13.0 Å². The van der Waals surface area contributed by atoms with Crippen LogP contribution < -0.4 is 5.32 Å². The Balaban J connectivity index is 2.22. The van der Waals surface area contributed by atoms with Gasteiger partial charge in [-0.15, -0.1) is 0 Å². The molecule has 1 aromatic heterocycles. The number of thiophene rings is 1. The minimum absolute atomic E-state index is 0.0659. The van der Waals surface area contributed by atoms with Crippen LogP contribution in [0.25, 0.3) is 0 Å². The molecular weight excluding hydrogens is 190 g/mol. The zero-order valence-electron chi connectivity index (χ0n) is 6.62. The Hall–Kier alpha value is -0.480. The first-order valence-corrected chi connectivity index (χ1v) is 5.29. The third-order valence-electron chi connectivity index (χ3n) is 1.41. The Bertz CT molecular complexity index is 233. The Labute approximate surface area is 81.4 Å². The van der Waals surface area contributed by atoms with Crippen LogP contribution in [-0.2, 0) is 11.3 Å². The molecule has 0 saturated carbocycles. The summed E-state index contributed by atoms with van der Waals surface area (Å²) in [6.45, 7) is 0.635. The van der Waals surface area contributed by atoms with Gasteiger partial charge in [-0.2, -0.15) is 24.0 Å². The largest absolute Gasteiger partial charge is 0.352 e.